The van der Waals surface area contributed by atoms with Crippen LogP contribution in [0.4, 0.5) is 5.82 Å². The molecule has 3 heterocycles. The van der Waals surface area contributed by atoms with E-state index in [1.54, 1.807) is 0 Å². The van der Waals surface area contributed by atoms with Crippen LogP contribution in [0.15, 0.2) is 54.6 Å². The summed E-state index contributed by atoms with van der Waals surface area (Å²) in [5, 5.41) is 2.46. The highest BCUT2D eigenvalue weighted by Crippen LogP contribution is 2.30. The van der Waals surface area contributed by atoms with Crippen molar-refractivity contribution in [1.82, 2.24) is 14.9 Å². The van der Waals surface area contributed by atoms with E-state index in [2.05, 4.69) is 78.2 Å². The Morgan fingerprint density at radius 2 is 1.61 bits per heavy atom. The lowest BCUT2D eigenvalue weighted by Gasteiger charge is -2.38. The second kappa shape index (κ2) is 7.15. The quantitative estimate of drug-likeness (QED) is 0.492. The summed E-state index contributed by atoms with van der Waals surface area (Å²) in [5.41, 5.74) is 3.50. The summed E-state index contributed by atoms with van der Waals surface area (Å²) < 4.78 is 1.28. The van der Waals surface area contributed by atoms with Crippen LogP contribution in [-0.4, -0.2) is 41.0 Å². The maximum Gasteiger partial charge on any atom is 0.129 e. The molecule has 1 aliphatic rings. The standard InChI is InChI=1S/C23H24N4S/c1-16-15-22(24-19-8-4-3-7-18(16)19)27-13-11-26(12-14-27)17(2)23-25-20-9-5-6-10-21(20)28-23/h3-10,15,17H,11-14H2,1-2H3/t17-/m1/s1. The molecule has 4 nitrogen and oxygen atoms in total. The number of hydrogen-bond acceptors (Lipinski definition) is 5. The van der Waals surface area contributed by atoms with Gasteiger partial charge in [0.2, 0.25) is 0 Å². The van der Waals surface area contributed by atoms with Crippen LogP contribution in [0.1, 0.15) is 23.5 Å². The highest BCUT2D eigenvalue weighted by atomic mass is 32.1. The summed E-state index contributed by atoms with van der Waals surface area (Å²) in [5.74, 6) is 1.10. The molecule has 1 fully saturated rings. The summed E-state index contributed by atoms with van der Waals surface area (Å²) >= 11 is 1.82. The van der Waals surface area contributed by atoms with E-state index in [0.29, 0.717) is 6.04 Å². The first-order valence-corrected chi connectivity index (χ1v) is 10.7. The molecule has 0 bridgehead atoms. The van der Waals surface area contributed by atoms with Crippen molar-refractivity contribution in [3.8, 4) is 0 Å². The Balaban J connectivity index is 1.32. The summed E-state index contributed by atoms with van der Waals surface area (Å²) in [7, 11) is 0. The zero-order chi connectivity index (χ0) is 19.1. The van der Waals surface area contributed by atoms with Gasteiger partial charge in [-0.25, -0.2) is 9.97 Å². The van der Waals surface area contributed by atoms with Gasteiger partial charge in [-0.1, -0.05) is 30.3 Å². The van der Waals surface area contributed by atoms with Crippen LogP contribution < -0.4 is 4.90 Å². The predicted molar refractivity (Wildman–Crippen MR) is 118 cm³/mol. The molecule has 28 heavy (non-hydrogen) atoms. The Labute approximate surface area is 169 Å². The third-order valence-electron chi connectivity index (χ3n) is 5.76. The number of piperazine rings is 1. The number of aryl methyl sites for hydroxylation is 1. The Morgan fingerprint density at radius 1 is 0.893 bits per heavy atom. The van der Waals surface area contributed by atoms with Crippen LogP contribution in [0.5, 0.6) is 0 Å². The molecule has 0 aliphatic carbocycles. The number of para-hydroxylation sites is 2. The Kier molecular flexibility index (Phi) is 4.49. The van der Waals surface area contributed by atoms with Crippen LogP contribution in [-0.2, 0) is 0 Å². The van der Waals surface area contributed by atoms with E-state index in [1.165, 1.54) is 20.7 Å². The van der Waals surface area contributed by atoms with Crippen molar-refractivity contribution in [1.29, 1.82) is 0 Å². The van der Waals surface area contributed by atoms with Gasteiger partial charge in [0.1, 0.15) is 10.8 Å². The fourth-order valence-corrected chi connectivity index (χ4v) is 5.11. The molecule has 5 rings (SSSR count). The van der Waals surface area contributed by atoms with Crippen molar-refractivity contribution in [3.05, 3.63) is 65.2 Å². The number of nitrogens with zero attached hydrogens (tertiary/aromatic N) is 4. The number of rotatable bonds is 3. The molecule has 0 spiro atoms. The molecule has 1 atom stereocenters. The van der Waals surface area contributed by atoms with Gasteiger partial charge in [-0.15, -0.1) is 11.3 Å². The zero-order valence-electron chi connectivity index (χ0n) is 16.3. The average Bonchev–Trinajstić information content (AvgIpc) is 3.18. The SMILES string of the molecule is Cc1cc(N2CCN([C@H](C)c3nc4ccccc4s3)CC2)nc2ccccc12. The van der Waals surface area contributed by atoms with Crippen LogP contribution in [0, 0.1) is 6.92 Å². The minimum Gasteiger partial charge on any atom is -0.354 e. The molecule has 0 radical (unpaired) electrons. The minimum absolute atomic E-state index is 0.353. The van der Waals surface area contributed by atoms with Crippen molar-refractivity contribution in [2.24, 2.45) is 0 Å². The molecule has 5 heteroatoms. The number of fused-ring (bicyclic) bond motifs is 2. The second-order valence-electron chi connectivity index (χ2n) is 7.53. The van der Waals surface area contributed by atoms with Gasteiger partial charge in [0, 0.05) is 31.6 Å². The van der Waals surface area contributed by atoms with Crippen molar-refractivity contribution in [2.75, 3.05) is 31.1 Å². The van der Waals surface area contributed by atoms with E-state index in [1.807, 2.05) is 11.3 Å². The summed E-state index contributed by atoms with van der Waals surface area (Å²) in [6.07, 6.45) is 0. The number of benzene rings is 2. The first-order valence-electron chi connectivity index (χ1n) is 9.90. The molecule has 0 amide bonds. The molecule has 2 aromatic heterocycles. The van der Waals surface area contributed by atoms with Crippen molar-refractivity contribution in [2.45, 2.75) is 19.9 Å². The molecule has 2 aromatic carbocycles. The zero-order valence-corrected chi connectivity index (χ0v) is 17.1. The molecule has 0 unspecified atom stereocenters. The van der Waals surface area contributed by atoms with Gasteiger partial charge in [0.05, 0.1) is 21.8 Å². The Bertz CT molecular complexity index is 1090. The number of thiazole rings is 1. The number of pyridine rings is 1. The summed E-state index contributed by atoms with van der Waals surface area (Å²) in [6.45, 7) is 8.53. The lowest BCUT2D eigenvalue weighted by atomic mass is 10.1. The van der Waals surface area contributed by atoms with Gasteiger partial charge in [-0.2, -0.15) is 0 Å². The Morgan fingerprint density at radius 3 is 2.39 bits per heavy atom. The van der Waals surface area contributed by atoms with Gasteiger partial charge in [0.15, 0.2) is 0 Å². The van der Waals surface area contributed by atoms with Gasteiger partial charge >= 0.3 is 0 Å². The summed E-state index contributed by atoms with van der Waals surface area (Å²) in [4.78, 5) is 14.7. The first-order chi connectivity index (χ1) is 13.7. The maximum absolute atomic E-state index is 4.91. The van der Waals surface area contributed by atoms with E-state index >= 15 is 0 Å². The fraction of sp³-hybridized carbons (Fsp3) is 0.304. The van der Waals surface area contributed by atoms with Crippen LogP contribution in [0.3, 0.4) is 0 Å². The molecule has 1 aliphatic heterocycles. The Hall–Kier alpha value is -2.50. The summed E-state index contributed by atoms with van der Waals surface area (Å²) in [6, 6.07) is 19.4. The lowest BCUT2D eigenvalue weighted by molar-refractivity contribution is 0.198. The highest BCUT2D eigenvalue weighted by molar-refractivity contribution is 7.18. The predicted octanol–water partition coefficient (Wildman–Crippen LogP) is 5.04. The largest absolute Gasteiger partial charge is 0.354 e. The van der Waals surface area contributed by atoms with Gasteiger partial charge < -0.3 is 4.90 Å². The number of aromatic nitrogens is 2. The second-order valence-corrected chi connectivity index (χ2v) is 8.60. The number of hydrogen-bond donors (Lipinski definition) is 0. The number of anilines is 1. The molecule has 0 saturated carbocycles. The molecule has 142 valence electrons. The topological polar surface area (TPSA) is 32.3 Å². The molecule has 1 saturated heterocycles. The fourth-order valence-electron chi connectivity index (χ4n) is 4.06. The van der Waals surface area contributed by atoms with Crippen LogP contribution in [0.2, 0.25) is 0 Å². The molecule has 0 N–H and O–H groups in total. The van der Waals surface area contributed by atoms with E-state index in [0.717, 1.165) is 43.0 Å². The first kappa shape index (κ1) is 17.6. The van der Waals surface area contributed by atoms with Crippen LogP contribution in [0.25, 0.3) is 21.1 Å². The van der Waals surface area contributed by atoms with E-state index in [4.69, 9.17) is 9.97 Å². The molecular formula is C23H24N4S. The van der Waals surface area contributed by atoms with Gasteiger partial charge in [-0.3, -0.25) is 4.90 Å². The maximum atomic E-state index is 4.91. The van der Waals surface area contributed by atoms with Crippen molar-refractivity contribution in [3.63, 3.8) is 0 Å². The van der Waals surface area contributed by atoms with Crippen molar-refractivity contribution < 1.29 is 0 Å². The van der Waals surface area contributed by atoms with E-state index in [9.17, 15) is 0 Å². The smallest absolute Gasteiger partial charge is 0.129 e. The molecule has 4 aromatic rings. The molecular weight excluding hydrogens is 364 g/mol. The lowest BCUT2D eigenvalue weighted by Crippen LogP contribution is -2.47. The van der Waals surface area contributed by atoms with Gasteiger partial charge in [0.25, 0.3) is 0 Å². The van der Waals surface area contributed by atoms with Crippen LogP contribution >= 0.6 is 11.3 Å². The average molecular weight is 389 g/mol. The van der Waals surface area contributed by atoms with E-state index < -0.39 is 0 Å². The third-order valence-corrected chi connectivity index (χ3v) is 6.97. The monoisotopic (exact) mass is 388 g/mol. The normalized spacial score (nSPS) is 16.7. The van der Waals surface area contributed by atoms with Gasteiger partial charge in [-0.05, 0) is 43.7 Å². The van der Waals surface area contributed by atoms with E-state index in [-0.39, 0.29) is 0 Å². The minimum atomic E-state index is 0.353. The van der Waals surface area contributed by atoms with Crippen molar-refractivity contribution >= 4 is 38.3 Å². The highest BCUT2D eigenvalue weighted by Gasteiger charge is 2.25. The third kappa shape index (κ3) is 3.15.